The normalized spacial score (nSPS) is 10.6. The Morgan fingerprint density at radius 1 is 0.786 bits per heavy atom. The quantitative estimate of drug-likeness (QED) is 0.545. The van der Waals surface area contributed by atoms with Crippen molar-refractivity contribution in [1.82, 2.24) is 5.32 Å². The molecule has 0 radical (unpaired) electrons. The Morgan fingerprint density at radius 2 is 1.36 bits per heavy atom. The van der Waals surface area contributed by atoms with Crippen LogP contribution in [0.25, 0.3) is 0 Å². The molecule has 0 atom stereocenters. The first-order chi connectivity index (χ1) is 13.7. The van der Waals surface area contributed by atoms with Gasteiger partial charge in [-0.05, 0) is 40.6 Å². The van der Waals surface area contributed by atoms with Crippen LogP contribution in [0.15, 0.2) is 78.9 Å². The van der Waals surface area contributed by atoms with E-state index in [-0.39, 0.29) is 5.91 Å². The van der Waals surface area contributed by atoms with Gasteiger partial charge in [0, 0.05) is 17.9 Å². The van der Waals surface area contributed by atoms with E-state index in [1.807, 2.05) is 66.7 Å². The lowest BCUT2D eigenvalue weighted by Gasteiger charge is -2.08. The molecule has 0 aliphatic carbocycles. The molecule has 3 rings (SSSR count). The molecule has 3 aromatic rings. The zero-order valence-corrected chi connectivity index (χ0v) is 16.9. The number of rotatable bonds is 9. The van der Waals surface area contributed by atoms with Crippen LogP contribution < -0.4 is 5.32 Å². The average Bonchev–Trinajstić information content (AvgIpc) is 2.74. The standard InChI is InChI=1S/C24H25NO2S/c1-28-18-22-11-13-23(14-12-22)24(26)25-15-19-7-9-21(10-8-19)17-27-16-20-5-3-2-4-6-20/h2-14H,15-18H2,1H3,(H,25,26). The molecular weight excluding hydrogens is 366 g/mol. The number of carbonyl (C=O) groups excluding carboxylic acids is 1. The second-order valence-electron chi connectivity index (χ2n) is 6.61. The van der Waals surface area contributed by atoms with Crippen LogP contribution in [0.3, 0.4) is 0 Å². The molecule has 144 valence electrons. The third kappa shape index (κ3) is 6.25. The Bertz CT molecular complexity index is 861. The third-order valence-electron chi connectivity index (χ3n) is 4.38. The van der Waals surface area contributed by atoms with Crippen molar-refractivity contribution < 1.29 is 9.53 Å². The van der Waals surface area contributed by atoms with Crippen molar-refractivity contribution in [2.45, 2.75) is 25.5 Å². The summed E-state index contributed by atoms with van der Waals surface area (Å²) in [7, 11) is 0. The highest BCUT2D eigenvalue weighted by atomic mass is 32.2. The molecule has 0 aliphatic heterocycles. The van der Waals surface area contributed by atoms with Crippen LogP contribution in [0.5, 0.6) is 0 Å². The molecule has 0 heterocycles. The number of thioether (sulfide) groups is 1. The monoisotopic (exact) mass is 391 g/mol. The molecule has 0 aliphatic rings. The highest BCUT2D eigenvalue weighted by molar-refractivity contribution is 7.97. The Balaban J connectivity index is 1.44. The highest BCUT2D eigenvalue weighted by Crippen LogP contribution is 2.11. The van der Waals surface area contributed by atoms with Crippen LogP contribution in [-0.2, 0) is 30.2 Å². The van der Waals surface area contributed by atoms with E-state index in [0.29, 0.717) is 25.3 Å². The van der Waals surface area contributed by atoms with Gasteiger partial charge in [-0.25, -0.2) is 0 Å². The largest absolute Gasteiger partial charge is 0.372 e. The number of hydrogen-bond donors (Lipinski definition) is 1. The van der Waals surface area contributed by atoms with Gasteiger partial charge in [-0.3, -0.25) is 4.79 Å². The van der Waals surface area contributed by atoms with Gasteiger partial charge in [0.25, 0.3) is 5.91 Å². The summed E-state index contributed by atoms with van der Waals surface area (Å²) in [5, 5.41) is 2.98. The lowest BCUT2D eigenvalue weighted by Crippen LogP contribution is -2.22. The Kier molecular flexibility index (Phi) is 7.71. The van der Waals surface area contributed by atoms with Gasteiger partial charge in [-0.1, -0.05) is 66.7 Å². The minimum atomic E-state index is -0.0500. The smallest absolute Gasteiger partial charge is 0.251 e. The van der Waals surface area contributed by atoms with Gasteiger partial charge >= 0.3 is 0 Å². The zero-order chi connectivity index (χ0) is 19.6. The summed E-state index contributed by atoms with van der Waals surface area (Å²) in [5.41, 5.74) is 5.28. The number of nitrogens with one attached hydrogen (secondary N) is 1. The summed E-state index contributed by atoms with van der Waals surface area (Å²) < 4.78 is 5.76. The van der Waals surface area contributed by atoms with Crippen LogP contribution >= 0.6 is 11.8 Å². The van der Waals surface area contributed by atoms with Crippen molar-refractivity contribution in [3.63, 3.8) is 0 Å². The van der Waals surface area contributed by atoms with Crippen LogP contribution in [0.1, 0.15) is 32.6 Å². The summed E-state index contributed by atoms with van der Waals surface area (Å²) in [6, 6.07) is 26.1. The van der Waals surface area contributed by atoms with E-state index in [1.54, 1.807) is 11.8 Å². The van der Waals surface area contributed by atoms with Crippen LogP contribution in [0.4, 0.5) is 0 Å². The molecule has 1 amide bonds. The summed E-state index contributed by atoms with van der Waals surface area (Å²) >= 11 is 1.77. The first kappa shape index (κ1) is 20.2. The van der Waals surface area contributed by atoms with E-state index in [9.17, 15) is 4.79 Å². The van der Waals surface area contributed by atoms with Gasteiger partial charge in [0.1, 0.15) is 0 Å². The van der Waals surface area contributed by atoms with Crippen molar-refractivity contribution >= 4 is 17.7 Å². The Labute approximate surface area is 171 Å². The Hall–Kier alpha value is -2.56. The minimum Gasteiger partial charge on any atom is -0.372 e. The first-order valence-electron chi connectivity index (χ1n) is 9.30. The molecule has 1 N–H and O–H groups in total. The molecule has 0 saturated heterocycles. The van der Waals surface area contributed by atoms with Gasteiger partial charge in [0.15, 0.2) is 0 Å². The molecule has 28 heavy (non-hydrogen) atoms. The number of benzene rings is 3. The number of carbonyl (C=O) groups is 1. The molecule has 0 aromatic heterocycles. The van der Waals surface area contributed by atoms with Gasteiger partial charge in [0.05, 0.1) is 13.2 Å². The summed E-state index contributed by atoms with van der Waals surface area (Å²) in [4.78, 5) is 12.3. The second kappa shape index (κ2) is 10.7. The van der Waals surface area contributed by atoms with E-state index < -0.39 is 0 Å². The maximum absolute atomic E-state index is 12.3. The number of amides is 1. The van der Waals surface area contributed by atoms with Crippen molar-refractivity contribution in [2.24, 2.45) is 0 Å². The lowest BCUT2D eigenvalue weighted by atomic mass is 10.1. The molecule has 0 spiro atoms. The van der Waals surface area contributed by atoms with Crippen molar-refractivity contribution in [2.75, 3.05) is 6.26 Å². The summed E-state index contributed by atoms with van der Waals surface area (Å²) in [6.07, 6.45) is 2.07. The molecular formula is C24H25NO2S. The predicted molar refractivity (Wildman–Crippen MR) is 116 cm³/mol. The fourth-order valence-electron chi connectivity index (χ4n) is 2.82. The van der Waals surface area contributed by atoms with E-state index in [4.69, 9.17) is 4.74 Å². The van der Waals surface area contributed by atoms with E-state index >= 15 is 0 Å². The molecule has 4 heteroatoms. The maximum Gasteiger partial charge on any atom is 0.251 e. The highest BCUT2D eigenvalue weighted by Gasteiger charge is 2.05. The van der Waals surface area contributed by atoms with Gasteiger partial charge in [0.2, 0.25) is 0 Å². The topological polar surface area (TPSA) is 38.3 Å². The lowest BCUT2D eigenvalue weighted by molar-refractivity contribution is 0.0951. The third-order valence-corrected chi connectivity index (χ3v) is 5.01. The molecule has 3 aromatic carbocycles. The molecule has 0 saturated carbocycles. The van der Waals surface area contributed by atoms with Crippen LogP contribution in [-0.4, -0.2) is 12.2 Å². The fraction of sp³-hybridized carbons (Fsp3) is 0.208. The van der Waals surface area contributed by atoms with E-state index in [0.717, 1.165) is 16.9 Å². The summed E-state index contributed by atoms with van der Waals surface area (Å²) in [5.74, 6) is 0.912. The van der Waals surface area contributed by atoms with E-state index in [2.05, 4.69) is 23.7 Å². The molecule has 0 fully saturated rings. The second-order valence-corrected chi connectivity index (χ2v) is 7.47. The van der Waals surface area contributed by atoms with E-state index in [1.165, 1.54) is 11.1 Å². The maximum atomic E-state index is 12.3. The summed E-state index contributed by atoms with van der Waals surface area (Å²) in [6.45, 7) is 1.69. The molecule has 3 nitrogen and oxygen atoms in total. The Morgan fingerprint density at radius 3 is 2.00 bits per heavy atom. The minimum absolute atomic E-state index is 0.0500. The molecule has 0 unspecified atom stereocenters. The fourth-order valence-corrected chi connectivity index (χ4v) is 3.34. The van der Waals surface area contributed by atoms with Gasteiger partial charge in [-0.15, -0.1) is 0 Å². The first-order valence-corrected chi connectivity index (χ1v) is 10.7. The van der Waals surface area contributed by atoms with Crippen molar-refractivity contribution in [1.29, 1.82) is 0 Å². The van der Waals surface area contributed by atoms with Crippen molar-refractivity contribution in [3.05, 3.63) is 107 Å². The van der Waals surface area contributed by atoms with Crippen LogP contribution in [0.2, 0.25) is 0 Å². The van der Waals surface area contributed by atoms with Crippen molar-refractivity contribution in [3.8, 4) is 0 Å². The zero-order valence-electron chi connectivity index (χ0n) is 16.1. The molecule has 0 bridgehead atoms. The number of hydrogen-bond acceptors (Lipinski definition) is 3. The number of ether oxygens (including phenoxy) is 1. The SMILES string of the molecule is CSCc1ccc(C(=O)NCc2ccc(COCc3ccccc3)cc2)cc1. The average molecular weight is 392 g/mol. The predicted octanol–water partition coefficient (Wildman–Crippen LogP) is 5.20. The van der Waals surface area contributed by atoms with Gasteiger partial charge < -0.3 is 10.1 Å². The van der Waals surface area contributed by atoms with Crippen LogP contribution in [0, 0.1) is 0 Å². The van der Waals surface area contributed by atoms with Gasteiger partial charge in [-0.2, -0.15) is 11.8 Å².